The molecule has 0 saturated carbocycles. The van der Waals surface area contributed by atoms with Gasteiger partial charge in [0.2, 0.25) is 5.15 Å². The van der Waals surface area contributed by atoms with E-state index in [1.165, 1.54) is 6.33 Å². The zero-order valence-corrected chi connectivity index (χ0v) is 13.4. The molecule has 3 aromatic heterocycles. The summed E-state index contributed by atoms with van der Waals surface area (Å²) in [5.41, 5.74) is 0.0630. The fraction of sp³-hybridized carbons (Fsp3) is 0.154. The number of fused-ring (bicyclic) bond motifs is 1. The minimum atomic E-state index is -0.971. The second kappa shape index (κ2) is 5.39. The molecule has 0 saturated heterocycles. The largest absolute Gasteiger partial charge is 0.709 e. The lowest BCUT2D eigenvalue weighted by molar-refractivity contribution is -0.579. The predicted octanol–water partition coefficient (Wildman–Crippen LogP) is 1.87. The van der Waals surface area contributed by atoms with Gasteiger partial charge in [-0.05, 0) is 31.5 Å². The van der Waals surface area contributed by atoms with Gasteiger partial charge >= 0.3 is 11.3 Å². The Balaban J connectivity index is 2.62. The van der Waals surface area contributed by atoms with Gasteiger partial charge in [-0.1, -0.05) is 11.6 Å². The summed E-state index contributed by atoms with van der Waals surface area (Å²) in [5, 5.41) is 11.3. The summed E-state index contributed by atoms with van der Waals surface area (Å²) in [6, 6.07) is 0.950. The van der Waals surface area contributed by atoms with Crippen LogP contribution >= 0.6 is 23.2 Å². The minimum Gasteiger partial charge on any atom is -0.709 e. The Morgan fingerprint density at radius 1 is 1.26 bits per heavy atom. The highest BCUT2D eigenvalue weighted by atomic mass is 35.5. The monoisotopic (exact) mass is 355 g/mol. The maximum absolute atomic E-state index is 13.7. The second-order valence-corrected chi connectivity index (χ2v) is 5.44. The normalized spacial score (nSPS) is 11.2. The first-order chi connectivity index (χ1) is 10.8. The zero-order valence-electron chi connectivity index (χ0n) is 11.8. The number of rotatable bonds is 1. The summed E-state index contributed by atoms with van der Waals surface area (Å²) in [7, 11) is 0. The van der Waals surface area contributed by atoms with E-state index in [1.807, 2.05) is 0 Å². The fourth-order valence-electron chi connectivity index (χ4n) is 2.31. The minimum absolute atomic E-state index is 0.0502. The van der Waals surface area contributed by atoms with Gasteiger partial charge in [0.05, 0.1) is 11.4 Å². The number of pyridine rings is 1. The molecule has 0 spiro atoms. The van der Waals surface area contributed by atoms with Crippen molar-refractivity contribution in [3.63, 3.8) is 0 Å². The average Bonchev–Trinajstić information content (AvgIpc) is 2.48. The molecule has 10 heteroatoms. The molecule has 3 aromatic rings. The molecule has 3 rings (SSSR count). The Morgan fingerprint density at radius 2 is 1.87 bits per heavy atom. The van der Waals surface area contributed by atoms with Crippen LogP contribution in [0.1, 0.15) is 11.4 Å². The summed E-state index contributed by atoms with van der Waals surface area (Å²) < 4.78 is 14.8. The maximum Gasteiger partial charge on any atom is 0.441 e. The number of aryl methyl sites for hydroxylation is 2. The van der Waals surface area contributed by atoms with E-state index in [0.717, 1.165) is 10.6 Å². The van der Waals surface area contributed by atoms with Crippen LogP contribution < -0.4 is 10.4 Å². The molecule has 0 atom stereocenters. The first-order valence-electron chi connectivity index (χ1n) is 6.31. The van der Waals surface area contributed by atoms with Gasteiger partial charge in [-0.2, -0.15) is 4.98 Å². The third-order valence-corrected chi connectivity index (χ3v) is 3.93. The van der Waals surface area contributed by atoms with Crippen LogP contribution in [-0.4, -0.2) is 19.5 Å². The molecule has 0 N–H and O–H groups in total. The van der Waals surface area contributed by atoms with Crippen molar-refractivity contribution >= 4 is 34.2 Å². The molecule has 23 heavy (non-hydrogen) atoms. The van der Waals surface area contributed by atoms with E-state index in [2.05, 4.69) is 15.0 Å². The lowest BCUT2D eigenvalue weighted by Crippen LogP contribution is -2.37. The summed E-state index contributed by atoms with van der Waals surface area (Å²) >= 11 is 11.5. The number of hydrogen-bond donors (Lipinski definition) is 0. The van der Waals surface area contributed by atoms with Crippen LogP contribution in [-0.2, 0) is 0 Å². The molecular formula is C13H8Cl2FN5O2. The predicted molar refractivity (Wildman–Crippen MR) is 81.3 cm³/mol. The molecule has 0 bridgehead atoms. The first kappa shape index (κ1) is 15.6. The lowest BCUT2D eigenvalue weighted by Gasteiger charge is -2.13. The molecule has 0 aliphatic rings. The molecule has 3 heterocycles. The Kier molecular flexibility index (Phi) is 3.65. The number of nitrogens with zero attached hydrogens (tertiary/aromatic N) is 5. The van der Waals surface area contributed by atoms with E-state index in [0.29, 0.717) is 11.4 Å². The van der Waals surface area contributed by atoms with Gasteiger partial charge in [0.25, 0.3) is 0 Å². The van der Waals surface area contributed by atoms with E-state index in [-0.39, 0.29) is 26.6 Å². The van der Waals surface area contributed by atoms with Crippen LogP contribution in [0.3, 0.4) is 0 Å². The Morgan fingerprint density at radius 3 is 2.48 bits per heavy atom. The van der Waals surface area contributed by atoms with Crippen LogP contribution in [0.4, 0.5) is 4.39 Å². The van der Waals surface area contributed by atoms with Crippen molar-refractivity contribution < 1.29 is 9.12 Å². The van der Waals surface area contributed by atoms with Crippen molar-refractivity contribution in [3.05, 3.63) is 55.6 Å². The van der Waals surface area contributed by atoms with E-state index >= 15 is 0 Å². The molecule has 118 valence electrons. The average molecular weight is 356 g/mol. The number of aromatic nitrogens is 5. The van der Waals surface area contributed by atoms with Gasteiger partial charge in [-0.3, -0.25) is 0 Å². The quantitative estimate of drug-likeness (QED) is 0.288. The van der Waals surface area contributed by atoms with Crippen LogP contribution in [0.15, 0.2) is 17.2 Å². The van der Waals surface area contributed by atoms with Crippen molar-refractivity contribution in [2.24, 2.45) is 0 Å². The SMILES string of the molecule is Cc1ncnc(C)c1-n1c(=O)nc(Cl)c2cc(F)c(Cl)[n+]([O-])c21. The van der Waals surface area contributed by atoms with Crippen molar-refractivity contribution in [3.8, 4) is 5.69 Å². The summed E-state index contributed by atoms with van der Waals surface area (Å²) in [6.07, 6.45) is 1.32. The van der Waals surface area contributed by atoms with E-state index < -0.39 is 16.7 Å². The molecule has 0 amide bonds. The molecular weight excluding hydrogens is 348 g/mol. The van der Waals surface area contributed by atoms with E-state index in [9.17, 15) is 14.4 Å². The van der Waals surface area contributed by atoms with Gasteiger partial charge in [0.15, 0.2) is 16.7 Å². The highest BCUT2D eigenvalue weighted by Gasteiger charge is 2.26. The second-order valence-electron chi connectivity index (χ2n) is 4.73. The molecule has 0 aliphatic heterocycles. The Hall–Kier alpha value is -2.32. The standard InChI is InChI=1S/C13H8Cl2FN5O2/c1-5-9(6(2)18-4-17-5)20-12-7(10(14)19-13(20)22)3-8(16)11(15)21(12)23/h3-4H,1-2H3. The van der Waals surface area contributed by atoms with Crippen LogP contribution in [0.2, 0.25) is 10.3 Å². The lowest BCUT2D eigenvalue weighted by atomic mass is 10.2. The third-order valence-electron chi connectivity index (χ3n) is 3.31. The van der Waals surface area contributed by atoms with Crippen molar-refractivity contribution in [2.75, 3.05) is 0 Å². The van der Waals surface area contributed by atoms with E-state index in [4.69, 9.17) is 23.2 Å². The van der Waals surface area contributed by atoms with Gasteiger partial charge in [0, 0.05) is 0 Å². The molecule has 0 fully saturated rings. The highest BCUT2D eigenvalue weighted by Crippen LogP contribution is 2.24. The Bertz CT molecular complexity index is 1000. The van der Waals surface area contributed by atoms with Gasteiger partial charge in [-0.25, -0.2) is 23.9 Å². The third kappa shape index (κ3) is 2.30. The number of halogens is 3. The van der Waals surface area contributed by atoms with Gasteiger partial charge in [-0.15, -0.1) is 4.57 Å². The van der Waals surface area contributed by atoms with Gasteiger partial charge in [0.1, 0.15) is 11.7 Å². The molecule has 0 aliphatic carbocycles. The van der Waals surface area contributed by atoms with Crippen molar-refractivity contribution in [2.45, 2.75) is 13.8 Å². The molecule has 7 nitrogen and oxygen atoms in total. The maximum atomic E-state index is 13.7. The summed E-state index contributed by atoms with van der Waals surface area (Å²) in [5.74, 6) is -0.971. The Labute approximate surface area is 138 Å². The first-order valence-corrected chi connectivity index (χ1v) is 7.07. The fourth-order valence-corrected chi connectivity index (χ4v) is 2.66. The van der Waals surface area contributed by atoms with Crippen LogP contribution in [0.25, 0.3) is 16.7 Å². The van der Waals surface area contributed by atoms with E-state index in [1.54, 1.807) is 13.8 Å². The van der Waals surface area contributed by atoms with Crippen LogP contribution in [0, 0.1) is 24.9 Å². The molecule has 0 radical (unpaired) electrons. The van der Waals surface area contributed by atoms with Crippen LogP contribution in [0.5, 0.6) is 0 Å². The molecule has 0 aromatic carbocycles. The van der Waals surface area contributed by atoms with Gasteiger partial charge < -0.3 is 5.21 Å². The highest BCUT2D eigenvalue weighted by molar-refractivity contribution is 6.34. The van der Waals surface area contributed by atoms with Crippen molar-refractivity contribution in [1.29, 1.82) is 0 Å². The zero-order chi connectivity index (χ0) is 16.9. The number of hydrogen-bond acceptors (Lipinski definition) is 5. The molecule has 0 unspecified atom stereocenters. The smallest absolute Gasteiger partial charge is 0.441 e. The van der Waals surface area contributed by atoms with Crippen molar-refractivity contribution in [1.82, 2.24) is 19.5 Å². The summed E-state index contributed by atoms with van der Waals surface area (Å²) in [6.45, 7) is 3.27. The topological polar surface area (TPSA) is 87.6 Å². The summed E-state index contributed by atoms with van der Waals surface area (Å²) in [4.78, 5) is 24.0.